The van der Waals surface area contributed by atoms with Crippen molar-refractivity contribution < 1.29 is 9.13 Å². The number of nitrogens with two attached hydrogens (primary N) is 1. The molecule has 0 saturated heterocycles. The van der Waals surface area contributed by atoms with Crippen LogP contribution in [0.15, 0.2) is 18.2 Å². The third kappa shape index (κ3) is 2.23. The second kappa shape index (κ2) is 5.15. The van der Waals surface area contributed by atoms with Gasteiger partial charge in [0.2, 0.25) is 0 Å². The van der Waals surface area contributed by atoms with E-state index in [0.717, 1.165) is 23.2 Å². The van der Waals surface area contributed by atoms with Gasteiger partial charge in [-0.1, -0.05) is 0 Å². The molecule has 0 unspecified atom stereocenters. The van der Waals surface area contributed by atoms with Gasteiger partial charge in [-0.05, 0) is 30.7 Å². The molecule has 1 aromatic heterocycles. The minimum atomic E-state index is -0.239. The number of fused-ring (bicyclic) bond motifs is 1. The van der Waals surface area contributed by atoms with Gasteiger partial charge in [0.15, 0.2) is 5.82 Å². The number of rotatable bonds is 2. The summed E-state index contributed by atoms with van der Waals surface area (Å²) in [5.41, 5.74) is 5.74. The Morgan fingerprint density at radius 3 is 2.95 bits per heavy atom. The van der Waals surface area contributed by atoms with Crippen LogP contribution in [-0.4, -0.2) is 16.6 Å². The van der Waals surface area contributed by atoms with Crippen LogP contribution in [0.2, 0.25) is 0 Å². The van der Waals surface area contributed by atoms with Crippen LogP contribution in [0.4, 0.5) is 10.2 Å². The highest BCUT2D eigenvalue weighted by Crippen LogP contribution is 2.26. The fourth-order valence-electron chi connectivity index (χ4n) is 2.26. The Hall–Kier alpha value is -2.05. The number of hydrazine groups is 1. The van der Waals surface area contributed by atoms with E-state index in [-0.39, 0.29) is 5.82 Å². The molecular formula is C14H15FN4O. The van der Waals surface area contributed by atoms with Gasteiger partial charge in [-0.25, -0.2) is 20.2 Å². The molecule has 104 valence electrons. The Bertz CT molecular complexity index is 643. The maximum atomic E-state index is 13.3. The monoisotopic (exact) mass is 274 g/mol. The fraction of sp³-hybridized carbons (Fsp3) is 0.286. The number of ether oxygens (including phenoxy) is 1. The van der Waals surface area contributed by atoms with Gasteiger partial charge in [-0.15, -0.1) is 0 Å². The van der Waals surface area contributed by atoms with Crippen LogP contribution in [0.3, 0.4) is 0 Å². The fourth-order valence-corrected chi connectivity index (χ4v) is 2.26. The molecule has 6 heteroatoms. The number of halogens is 1. The second-order valence-corrected chi connectivity index (χ2v) is 4.73. The predicted molar refractivity (Wildman–Crippen MR) is 73.3 cm³/mol. The molecule has 0 radical (unpaired) electrons. The van der Waals surface area contributed by atoms with Crippen LogP contribution in [0.25, 0.3) is 11.4 Å². The Morgan fingerprint density at radius 1 is 1.35 bits per heavy atom. The van der Waals surface area contributed by atoms with Gasteiger partial charge < -0.3 is 10.2 Å². The number of aryl methyl sites for hydroxylation is 1. The average Bonchev–Trinajstić information content (AvgIpc) is 2.49. The highest BCUT2D eigenvalue weighted by Gasteiger charge is 2.18. The molecule has 2 heterocycles. The molecule has 0 saturated carbocycles. The highest BCUT2D eigenvalue weighted by molar-refractivity contribution is 5.60. The van der Waals surface area contributed by atoms with Gasteiger partial charge in [0.1, 0.15) is 11.6 Å². The van der Waals surface area contributed by atoms with Gasteiger partial charge >= 0.3 is 0 Å². The zero-order valence-electron chi connectivity index (χ0n) is 11.1. The van der Waals surface area contributed by atoms with Crippen LogP contribution in [0.5, 0.6) is 0 Å². The maximum absolute atomic E-state index is 13.3. The standard InChI is InChI=1S/C14H15FN4O/c1-8-6-9(2-3-11(8)15)13-17-12-4-5-20-7-10(12)14(18-13)19-16/h2-3,6H,4-5,7,16H2,1H3,(H,17,18,19). The summed E-state index contributed by atoms with van der Waals surface area (Å²) in [6, 6.07) is 4.83. The Balaban J connectivity index is 2.11. The number of nitrogens with one attached hydrogen (secondary N) is 1. The topological polar surface area (TPSA) is 73.1 Å². The van der Waals surface area contributed by atoms with Gasteiger partial charge in [-0.2, -0.15) is 0 Å². The molecule has 20 heavy (non-hydrogen) atoms. The Kier molecular flexibility index (Phi) is 3.33. The number of anilines is 1. The molecule has 3 rings (SSSR count). The minimum Gasteiger partial charge on any atom is -0.376 e. The van der Waals surface area contributed by atoms with Gasteiger partial charge in [0, 0.05) is 17.5 Å². The van der Waals surface area contributed by atoms with Crippen LogP contribution >= 0.6 is 0 Å². The number of benzene rings is 1. The summed E-state index contributed by atoms with van der Waals surface area (Å²) in [4.78, 5) is 8.95. The van der Waals surface area contributed by atoms with Crippen LogP contribution < -0.4 is 11.3 Å². The van der Waals surface area contributed by atoms with E-state index in [1.54, 1.807) is 19.1 Å². The molecule has 1 aromatic carbocycles. The van der Waals surface area contributed by atoms with E-state index in [9.17, 15) is 4.39 Å². The van der Waals surface area contributed by atoms with Crippen molar-refractivity contribution in [2.24, 2.45) is 5.84 Å². The smallest absolute Gasteiger partial charge is 0.161 e. The lowest BCUT2D eigenvalue weighted by atomic mass is 10.1. The van der Waals surface area contributed by atoms with Gasteiger partial charge in [0.25, 0.3) is 0 Å². The molecule has 1 aliphatic rings. The molecule has 5 nitrogen and oxygen atoms in total. The first-order chi connectivity index (χ1) is 9.69. The lowest BCUT2D eigenvalue weighted by Crippen LogP contribution is -2.19. The van der Waals surface area contributed by atoms with Crippen molar-refractivity contribution in [2.75, 3.05) is 12.0 Å². The molecule has 0 amide bonds. The quantitative estimate of drug-likeness (QED) is 0.647. The van der Waals surface area contributed by atoms with E-state index in [1.165, 1.54) is 6.07 Å². The molecule has 0 spiro atoms. The third-order valence-electron chi connectivity index (χ3n) is 3.38. The lowest BCUT2D eigenvalue weighted by molar-refractivity contribution is 0.109. The number of nitrogens with zero attached hydrogens (tertiary/aromatic N) is 2. The molecule has 0 aliphatic carbocycles. The van der Waals surface area contributed by atoms with E-state index in [4.69, 9.17) is 10.6 Å². The maximum Gasteiger partial charge on any atom is 0.161 e. The SMILES string of the molecule is Cc1cc(-c2nc3c(c(NN)n2)COCC3)ccc1F. The number of aromatic nitrogens is 2. The zero-order valence-corrected chi connectivity index (χ0v) is 11.1. The minimum absolute atomic E-state index is 0.239. The lowest BCUT2D eigenvalue weighted by Gasteiger charge is -2.19. The van der Waals surface area contributed by atoms with Gasteiger partial charge in [0.05, 0.1) is 18.9 Å². The summed E-state index contributed by atoms with van der Waals surface area (Å²) in [7, 11) is 0. The first-order valence-electron chi connectivity index (χ1n) is 6.39. The second-order valence-electron chi connectivity index (χ2n) is 4.73. The third-order valence-corrected chi connectivity index (χ3v) is 3.38. The summed E-state index contributed by atoms with van der Waals surface area (Å²) in [6.07, 6.45) is 0.722. The molecule has 3 N–H and O–H groups in total. The molecular weight excluding hydrogens is 259 g/mol. The predicted octanol–water partition coefficient (Wildman–Crippen LogP) is 1.95. The van der Waals surface area contributed by atoms with E-state index in [2.05, 4.69) is 15.4 Å². The first kappa shape index (κ1) is 13.0. The highest BCUT2D eigenvalue weighted by atomic mass is 19.1. The molecule has 0 bridgehead atoms. The van der Waals surface area contributed by atoms with Crippen LogP contribution in [0.1, 0.15) is 16.8 Å². The summed E-state index contributed by atoms with van der Waals surface area (Å²) in [6.45, 7) is 2.81. The molecule has 0 atom stereocenters. The average molecular weight is 274 g/mol. The van der Waals surface area contributed by atoms with Crippen molar-refractivity contribution in [1.82, 2.24) is 9.97 Å². The summed E-state index contributed by atoms with van der Waals surface area (Å²) in [5, 5.41) is 0. The first-order valence-corrected chi connectivity index (χ1v) is 6.39. The van der Waals surface area contributed by atoms with Crippen molar-refractivity contribution in [3.05, 3.63) is 40.8 Å². The zero-order chi connectivity index (χ0) is 14.1. The van der Waals surface area contributed by atoms with E-state index < -0.39 is 0 Å². The largest absolute Gasteiger partial charge is 0.376 e. The van der Waals surface area contributed by atoms with Crippen molar-refractivity contribution in [3.8, 4) is 11.4 Å². The Morgan fingerprint density at radius 2 is 2.20 bits per heavy atom. The molecule has 0 fully saturated rings. The summed E-state index contributed by atoms with van der Waals surface area (Å²) < 4.78 is 18.7. The molecule has 2 aromatic rings. The normalized spacial score (nSPS) is 13.9. The summed E-state index contributed by atoms with van der Waals surface area (Å²) in [5.74, 6) is 6.39. The van der Waals surface area contributed by atoms with Crippen molar-refractivity contribution >= 4 is 5.82 Å². The molecule has 1 aliphatic heterocycles. The van der Waals surface area contributed by atoms with Gasteiger partial charge in [-0.3, -0.25) is 0 Å². The van der Waals surface area contributed by atoms with E-state index in [1.807, 2.05) is 0 Å². The van der Waals surface area contributed by atoms with Crippen molar-refractivity contribution in [2.45, 2.75) is 20.0 Å². The number of hydrogen-bond donors (Lipinski definition) is 2. The number of hydrogen-bond acceptors (Lipinski definition) is 5. The Labute approximate surface area is 116 Å². The van der Waals surface area contributed by atoms with Crippen LogP contribution in [0, 0.1) is 12.7 Å². The van der Waals surface area contributed by atoms with Crippen molar-refractivity contribution in [3.63, 3.8) is 0 Å². The van der Waals surface area contributed by atoms with E-state index >= 15 is 0 Å². The van der Waals surface area contributed by atoms with E-state index in [0.29, 0.717) is 30.4 Å². The van der Waals surface area contributed by atoms with Crippen LogP contribution in [-0.2, 0) is 17.8 Å². The summed E-state index contributed by atoms with van der Waals surface area (Å²) >= 11 is 0. The van der Waals surface area contributed by atoms with Crippen molar-refractivity contribution in [1.29, 1.82) is 0 Å². The number of nitrogen functional groups attached to an aromatic ring is 1.